The van der Waals surface area contributed by atoms with Gasteiger partial charge in [0.15, 0.2) is 0 Å². The minimum absolute atomic E-state index is 0.187. The van der Waals surface area contributed by atoms with Crippen LogP contribution in [0.3, 0.4) is 0 Å². The van der Waals surface area contributed by atoms with Crippen LogP contribution in [0.5, 0.6) is 0 Å². The molecule has 0 aromatic carbocycles. The van der Waals surface area contributed by atoms with Crippen molar-refractivity contribution in [3.63, 3.8) is 0 Å². The van der Waals surface area contributed by atoms with Crippen LogP contribution >= 0.6 is 0 Å². The summed E-state index contributed by atoms with van der Waals surface area (Å²) in [4.78, 5) is 0. The Morgan fingerprint density at radius 2 is 1.82 bits per heavy atom. The molecule has 3 N–H and O–H groups in total. The van der Waals surface area contributed by atoms with Gasteiger partial charge >= 0.3 is 0 Å². The molecule has 0 aliphatic carbocycles. The molecule has 0 fully saturated rings. The van der Waals surface area contributed by atoms with Crippen LogP contribution in [0.25, 0.3) is 0 Å². The van der Waals surface area contributed by atoms with Gasteiger partial charge in [-0.15, -0.1) is 0 Å². The van der Waals surface area contributed by atoms with Gasteiger partial charge in [-0.2, -0.15) is 0 Å². The lowest BCUT2D eigenvalue weighted by Gasteiger charge is -2.36. The van der Waals surface area contributed by atoms with Gasteiger partial charge in [0.25, 0.3) is 0 Å². The Hall–Kier alpha value is -0.0800. The summed E-state index contributed by atoms with van der Waals surface area (Å²) < 4.78 is 0. The molecule has 0 aromatic heterocycles. The van der Waals surface area contributed by atoms with Gasteiger partial charge in [0, 0.05) is 0 Å². The number of nitrogens with two attached hydrogens (primary N) is 1. The van der Waals surface area contributed by atoms with Gasteiger partial charge in [-0.1, -0.05) is 27.7 Å². The summed E-state index contributed by atoms with van der Waals surface area (Å²) in [6.45, 7) is 8.64. The quantitative estimate of drug-likeness (QED) is 0.651. The minimum atomic E-state index is -0.575. The highest BCUT2D eigenvalue weighted by atomic mass is 16.3. The monoisotopic (exact) mass is 159 g/mol. The lowest BCUT2D eigenvalue weighted by Crippen LogP contribution is -2.44. The fourth-order valence-electron chi connectivity index (χ4n) is 1.53. The molecule has 0 saturated heterocycles. The highest BCUT2D eigenvalue weighted by Crippen LogP contribution is 2.28. The Kier molecular flexibility index (Phi) is 4.04. The zero-order chi connectivity index (χ0) is 9.07. The Labute approximate surface area is 69.8 Å². The smallest absolute Gasteiger partial charge is 0.0705 e. The molecule has 0 aliphatic rings. The predicted molar refractivity (Wildman–Crippen MR) is 48.3 cm³/mol. The van der Waals surface area contributed by atoms with E-state index in [4.69, 9.17) is 5.73 Å². The van der Waals surface area contributed by atoms with Crippen molar-refractivity contribution in [2.75, 3.05) is 6.54 Å². The predicted octanol–water partition coefficient (Wildman–Crippen LogP) is 1.38. The molecule has 0 amide bonds. The maximum atomic E-state index is 10.1. The van der Waals surface area contributed by atoms with E-state index in [1.165, 1.54) is 0 Å². The van der Waals surface area contributed by atoms with Crippen molar-refractivity contribution in [2.45, 2.75) is 39.7 Å². The zero-order valence-electron chi connectivity index (χ0n) is 8.09. The van der Waals surface area contributed by atoms with Crippen LogP contribution in [-0.2, 0) is 0 Å². The molecular weight excluding hydrogens is 138 g/mol. The molecule has 0 radical (unpaired) electrons. The maximum absolute atomic E-state index is 10.1. The number of rotatable bonds is 4. The van der Waals surface area contributed by atoms with E-state index >= 15 is 0 Å². The lowest BCUT2D eigenvalue weighted by atomic mass is 9.77. The molecule has 0 saturated carbocycles. The van der Waals surface area contributed by atoms with Crippen LogP contribution in [0.2, 0.25) is 0 Å². The highest BCUT2D eigenvalue weighted by Gasteiger charge is 2.33. The molecular formula is C9H21NO. The van der Waals surface area contributed by atoms with Crippen LogP contribution in [-0.4, -0.2) is 17.3 Å². The number of hydrogen-bond acceptors (Lipinski definition) is 2. The van der Waals surface area contributed by atoms with Crippen LogP contribution in [0.4, 0.5) is 0 Å². The first-order valence-electron chi connectivity index (χ1n) is 4.41. The van der Waals surface area contributed by atoms with Gasteiger partial charge in [0.2, 0.25) is 0 Å². The van der Waals surface area contributed by atoms with Crippen LogP contribution in [0, 0.1) is 11.8 Å². The molecule has 2 unspecified atom stereocenters. The van der Waals surface area contributed by atoms with Crippen LogP contribution < -0.4 is 5.73 Å². The topological polar surface area (TPSA) is 46.2 Å². The van der Waals surface area contributed by atoms with Crippen molar-refractivity contribution >= 4 is 0 Å². The molecule has 0 spiro atoms. The first kappa shape index (κ1) is 10.9. The Morgan fingerprint density at radius 3 is 1.91 bits per heavy atom. The van der Waals surface area contributed by atoms with Crippen LogP contribution in [0.15, 0.2) is 0 Å². The standard InChI is InChI=1S/C9H21NO/c1-5-9(11,7(2)3)8(4)6-10/h7-8,11H,5-6,10H2,1-4H3. The zero-order valence-corrected chi connectivity index (χ0v) is 8.09. The summed E-state index contributed by atoms with van der Waals surface area (Å²) in [5, 5.41) is 10.1. The molecule has 11 heavy (non-hydrogen) atoms. The molecule has 2 heteroatoms. The third-order valence-corrected chi connectivity index (χ3v) is 2.77. The van der Waals surface area contributed by atoms with E-state index in [1.54, 1.807) is 0 Å². The highest BCUT2D eigenvalue weighted by molar-refractivity contribution is 4.86. The Balaban J connectivity index is 4.32. The van der Waals surface area contributed by atoms with Crippen molar-refractivity contribution in [1.82, 2.24) is 0 Å². The molecule has 0 aromatic rings. The molecule has 0 rings (SSSR count). The SMILES string of the molecule is CCC(O)(C(C)C)C(C)CN. The number of aliphatic hydroxyl groups is 1. The Morgan fingerprint density at radius 1 is 1.36 bits per heavy atom. The number of hydrogen-bond donors (Lipinski definition) is 2. The second-order valence-electron chi connectivity index (χ2n) is 3.64. The average molecular weight is 159 g/mol. The first-order valence-corrected chi connectivity index (χ1v) is 4.41. The van der Waals surface area contributed by atoms with E-state index in [2.05, 4.69) is 0 Å². The largest absolute Gasteiger partial charge is 0.389 e. The second-order valence-corrected chi connectivity index (χ2v) is 3.64. The minimum Gasteiger partial charge on any atom is -0.389 e. The van der Waals surface area contributed by atoms with Crippen molar-refractivity contribution in [3.05, 3.63) is 0 Å². The molecule has 68 valence electrons. The molecule has 2 nitrogen and oxygen atoms in total. The van der Waals surface area contributed by atoms with Gasteiger partial charge in [-0.05, 0) is 24.8 Å². The molecule has 0 bridgehead atoms. The fraction of sp³-hybridized carbons (Fsp3) is 1.00. The van der Waals surface area contributed by atoms with Crippen molar-refractivity contribution in [1.29, 1.82) is 0 Å². The van der Waals surface area contributed by atoms with Crippen molar-refractivity contribution in [3.8, 4) is 0 Å². The van der Waals surface area contributed by atoms with Gasteiger partial charge in [0.1, 0.15) is 0 Å². The van der Waals surface area contributed by atoms with E-state index in [0.717, 1.165) is 6.42 Å². The average Bonchev–Trinajstić information content (AvgIpc) is 2.01. The summed E-state index contributed by atoms with van der Waals surface area (Å²) in [6, 6.07) is 0. The maximum Gasteiger partial charge on any atom is 0.0705 e. The van der Waals surface area contributed by atoms with Gasteiger partial charge in [-0.3, -0.25) is 0 Å². The fourth-order valence-corrected chi connectivity index (χ4v) is 1.53. The second kappa shape index (κ2) is 4.07. The van der Waals surface area contributed by atoms with Crippen LogP contribution in [0.1, 0.15) is 34.1 Å². The van der Waals surface area contributed by atoms with Gasteiger partial charge in [0.05, 0.1) is 5.60 Å². The van der Waals surface area contributed by atoms with Gasteiger partial charge < -0.3 is 10.8 Å². The van der Waals surface area contributed by atoms with Crippen molar-refractivity contribution < 1.29 is 5.11 Å². The van der Waals surface area contributed by atoms with Gasteiger partial charge in [-0.25, -0.2) is 0 Å². The molecule has 0 heterocycles. The van der Waals surface area contributed by atoms with E-state index < -0.39 is 5.60 Å². The third-order valence-electron chi connectivity index (χ3n) is 2.77. The normalized spacial score (nSPS) is 19.9. The summed E-state index contributed by atoms with van der Waals surface area (Å²) >= 11 is 0. The van der Waals surface area contributed by atoms with E-state index in [1.807, 2.05) is 27.7 Å². The summed E-state index contributed by atoms with van der Waals surface area (Å²) in [7, 11) is 0. The summed E-state index contributed by atoms with van der Waals surface area (Å²) in [5.41, 5.74) is 4.94. The molecule has 2 atom stereocenters. The third kappa shape index (κ3) is 2.17. The summed E-state index contributed by atoms with van der Waals surface area (Å²) in [6.07, 6.45) is 0.781. The molecule has 0 aliphatic heterocycles. The first-order chi connectivity index (χ1) is 4.99. The Bertz CT molecular complexity index is 114. The summed E-state index contributed by atoms with van der Waals surface area (Å²) in [5.74, 6) is 0.471. The van der Waals surface area contributed by atoms with E-state index in [0.29, 0.717) is 6.54 Å². The van der Waals surface area contributed by atoms with E-state index in [-0.39, 0.29) is 11.8 Å². The van der Waals surface area contributed by atoms with E-state index in [9.17, 15) is 5.11 Å². The lowest BCUT2D eigenvalue weighted by molar-refractivity contribution is -0.0527. The van der Waals surface area contributed by atoms with Crippen molar-refractivity contribution in [2.24, 2.45) is 17.6 Å².